The molecule has 0 N–H and O–H groups in total. The molecular formula is C60H39N7. The molecule has 0 bridgehead atoms. The lowest BCUT2D eigenvalue weighted by Crippen LogP contribution is -2.03. The Bertz CT molecular complexity index is 3600. The summed E-state index contributed by atoms with van der Waals surface area (Å²) in [5, 5.41) is 2.25. The van der Waals surface area contributed by atoms with E-state index in [-0.39, 0.29) is 0 Å². The van der Waals surface area contributed by atoms with Crippen molar-refractivity contribution in [2.45, 2.75) is 0 Å². The van der Waals surface area contributed by atoms with E-state index in [1.165, 1.54) is 0 Å². The van der Waals surface area contributed by atoms with Gasteiger partial charge >= 0.3 is 0 Å². The summed E-state index contributed by atoms with van der Waals surface area (Å²) in [7, 11) is 0. The van der Waals surface area contributed by atoms with Crippen LogP contribution in [0, 0.1) is 0 Å². The van der Waals surface area contributed by atoms with Gasteiger partial charge in [-0.15, -0.1) is 0 Å². The molecule has 314 valence electrons. The first-order valence-corrected chi connectivity index (χ1v) is 22.3. The van der Waals surface area contributed by atoms with Crippen molar-refractivity contribution in [2.24, 2.45) is 0 Å². The van der Waals surface area contributed by atoms with Gasteiger partial charge in [0.1, 0.15) is 0 Å². The average molecular weight is 858 g/mol. The summed E-state index contributed by atoms with van der Waals surface area (Å²) in [5.41, 5.74) is 12.7. The molecule has 0 atom stereocenters. The molecule has 3 heterocycles. The van der Waals surface area contributed by atoms with Crippen molar-refractivity contribution in [1.29, 1.82) is 0 Å². The Kier molecular flexibility index (Phi) is 10.0. The van der Waals surface area contributed by atoms with Crippen molar-refractivity contribution in [3.8, 4) is 96.3 Å². The summed E-state index contributed by atoms with van der Waals surface area (Å²) in [5.74, 6) is 3.38. The van der Waals surface area contributed by atoms with Gasteiger partial charge < -0.3 is 4.57 Å². The molecular weight excluding hydrogens is 819 g/mol. The van der Waals surface area contributed by atoms with Gasteiger partial charge in [0.2, 0.25) is 0 Å². The minimum atomic E-state index is 0.527. The smallest absolute Gasteiger partial charge is 0.164 e. The van der Waals surface area contributed by atoms with Crippen molar-refractivity contribution in [1.82, 2.24) is 34.5 Å². The number of aromatic nitrogens is 7. The number of fused-ring (bicyclic) bond motifs is 3. The number of benzene rings is 9. The number of rotatable bonds is 9. The molecule has 0 aliphatic heterocycles. The summed E-state index contributed by atoms with van der Waals surface area (Å²) in [6.45, 7) is 0. The third-order valence-electron chi connectivity index (χ3n) is 12.1. The summed E-state index contributed by atoms with van der Waals surface area (Å²) in [6.07, 6.45) is 0. The second-order valence-corrected chi connectivity index (χ2v) is 16.3. The summed E-state index contributed by atoms with van der Waals surface area (Å²) >= 11 is 0. The highest BCUT2D eigenvalue weighted by molar-refractivity contribution is 6.17. The van der Waals surface area contributed by atoms with Crippen LogP contribution < -0.4 is 0 Å². The minimum absolute atomic E-state index is 0.527. The maximum atomic E-state index is 5.32. The van der Waals surface area contributed by atoms with Crippen LogP contribution >= 0.6 is 0 Å². The van der Waals surface area contributed by atoms with E-state index in [0.29, 0.717) is 34.9 Å². The molecule has 3 aromatic heterocycles. The highest BCUT2D eigenvalue weighted by Crippen LogP contribution is 2.44. The first kappa shape index (κ1) is 39.4. The van der Waals surface area contributed by atoms with Gasteiger partial charge in [-0.05, 0) is 58.7 Å². The third-order valence-corrected chi connectivity index (χ3v) is 12.1. The van der Waals surface area contributed by atoms with Gasteiger partial charge in [-0.1, -0.05) is 200 Å². The Labute approximate surface area is 387 Å². The van der Waals surface area contributed by atoms with Crippen LogP contribution in [0.4, 0.5) is 0 Å². The molecule has 0 radical (unpaired) electrons. The van der Waals surface area contributed by atoms with Crippen molar-refractivity contribution < 1.29 is 0 Å². The van der Waals surface area contributed by atoms with E-state index < -0.39 is 0 Å². The second kappa shape index (κ2) is 17.1. The SMILES string of the molecule is c1ccc(-c2ccc3c(c2)c2c(-c4ccc(-c5nc(-c6ccccc6)nc(-c6ccccc6)n5)cc4-c4nc(-c5ccccc5)nc(-c5ccccc5)n4)cccc2n3-c2ccccc2)cc1. The fourth-order valence-corrected chi connectivity index (χ4v) is 8.93. The van der Waals surface area contributed by atoms with E-state index in [2.05, 4.69) is 120 Å². The first-order chi connectivity index (χ1) is 33.2. The van der Waals surface area contributed by atoms with Gasteiger partial charge in [0, 0.05) is 49.8 Å². The van der Waals surface area contributed by atoms with Gasteiger partial charge in [-0.3, -0.25) is 0 Å². The standard InChI is InChI=1S/C60H39N7/c1-7-20-40(21-8-1)45-35-37-52-51(38-45)54-49(32-19-33-53(54)67(52)47-30-17-6-18-31-47)48-36-34-46(59-63-55(41-22-9-2-10-23-41)61-56(64-59)42-24-11-3-12-25-42)39-50(48)60-65-57(43-26-13-4-14-27-43)62-58(66-60)44-28-15-5-16-29-44/h1-39H. The van der Waals surface area contributed by atoms with Crippen molar-refractivity contribution in [3.05, 3.63) is 237 Å². The van der Waals surface area contributed by atoms with E-state index in [4.69, 9.17) is 29.9 Å². The van der Waals surface area contributed by atoms with Gasteiger partial charge in [-0.25, -0.2) is 29.9 Å². The molecule has 9 aromatic carbocycles. The molecule has 0 unspecified atom stereocenters. The van der Waals surface area contributed by atoms with Crippen LogP contribution in [0.5, 0.6) is 0 Å². The second-order valence-electron chi connectivity index (χ2n) is 16.3. The van der Waals surface area contributed by atoms with E-state index in [1.807, 2.05) is 121 Å². The highest BCUT2D eigenvalue weighted by atomic mass is 15.0. The maximum absolute atomic E-state index is 5.32. The highest BCUT2D eigenvalue weighted by Gasteiger charge is 2.23. The maximum Gasteiger partial charge on any atom is 0.164 e. The van der Waals surface area contributed by atoms with Crippen LogP contribution in [0.15, 0.2) is 237 Å². The molecule has 12 rings (SSSR count). The van der Waals surface area contributed by atoms with E-state index >= 15 is 0 Å². The molecule has 7 nitrogen and oxygen atoms in total. The van der Waals surface area contributed by atoms with Gasteiger partial charge in [0.15, 0.2) is 34.9 Å². The average Bonchev–Trinajstić information content (AvgIpc) is 3.76. The first-order valence-electron chi connectivity index (χ1n) is 22.3. The van der Waals surface area contributed by atoms with E-state index in [1.54, 1.807) is 0 Å². The lowest BCUT2D eigenvalue weighted by Gasteiger charge is -2.15. The molecule has 7 heteroatoms. The van der Waals surface area contributed by atoms with Crippen LogP contribution in [0.25, 0.3) is 118 Å². The fraction of sp³-hybridized carbons (Fsp3) is 0. The van der Waals surface area contributed by atoms with Crippen LogP contribution in [0.3, 0.4) is 0 Å². The van der Waals surface area contributed by atoms with Crippen molar-refractivity contribution in [2.75, 3.05) is 0 Å². The number of para-hydroxylation sites is 1. The lowest BCUT2D eigenvalue weighted by molar-refractivity contribution is 1.07. The number of hydrogen-bond donors (Lipinski definition) is 0. The predicted octanol–water partition coefficient (Wildman–Crippen LogP) is 14.5. The lowest BCUT2D eigenvalue weighted by atomic mass is 9.92. The van der Waals surface area contributed by atoms with Crippen LogP contribution in [-0.4, -0.2) is 34.5 Å². The number of nitrogens with zero attached hydrogens (tertiary/aromatic N) is 7. The van der Waals surface area contributed by atoms with Crippen LogP contribution in [0.1, 0.15) is 0 Å². The van der Waals surface area contributed by atoms with Crippen molar-refractivity contribution >= 4 is 21.8 Å². The zero-order valence-corrected chi connectivity index (χ0v) is 36.1. The predicted molar refractivity (Wildman–Crippen MR) is 271 cm³/mol. The normalized spacial score (nSPS) is 11.3. The van der Waals surface area contributed by atoms with Gasteiger partial charge in [-0.2, -0.15) is 0 Å². The fourth-order valence-electron chi connectivity index (χ4n) is 8.93. The Morgan fingerprint density at radius 2 is 0.657 bits per heavy atom. The van der Waals surface area contributed by atoms with Crippen LogP contribution in [-0.2, 0) is 0 Å². The van der Waals surface area contributed by atoms with Gasteiger partial charge in [0.25, 0.3) is 0 Å². The molecule has 0 aliphatic rings. The topological polar surface area (TPSA) is 82.3 Å². The quantitative estimate of drug-likeness (QED) is 0.144. The Morgan fingerprint density at radius 1 is 0.239 bits per heavy atom. The number of hydrogen-bond acceptors (Lipinski definition) is 6. The molecule has 0 saturated heterocycles. The zero-order chi connectivity index (χ0) is 44.5. The summed E-state index contributed by atoms with van der Waals surface area (Å²) < 4.78 is 2.36. The van der Waals surface area contributed by atoms with Crippen LogP contribution in [0.2, 0.25) is 0 Å². The molecule has 0 fully saturated rings. The Balaban J connectivity index is 1.16. The molecule has 0 aliphatic carbocycles. The summed E-state index contributed by atoms with van der Waals surface area (Å²) in [4.78, 5) is 31.0. The largest absolute Gasteiger partial charge is 0.309 e. The van der Waals surface area contributed by atoms with Crippen molar-refractivity contribution in [3.63, 3.8) is 0 Å². The molecule has 0 saturated carbocycles. The molecule has 12 aromatic rings. The third kappa shape index (κ3) is 7.50. The molecule has 67 heavy (non-hydrogen) atoms. The monoisotopic (exact) mass is 857 g/mol. The summed E-state index contributed by atoms with van der Waals surface area (Å²) in [6, 6.07) is 81.2. The Morgan fingerprint density at radius 3 is 1.15 bits per heavy atom. The van der Waals surface area contributed by atoms with E-state index in [9.17, 15) is 0 Å². The zero-order valence-electron chi connectivity index (χ0n) is 36.1. The molecule has 0 amide bonds. The Hall–Kier alpha value is -9.20. The van der Waals surface area contributed by atoms with E-state index in [0.717, 1.165) is 83.1 Å². The van der Waals surface area contributed by atoms with Gasteiger partial charge in [0.05, 0.1) is 11.0 Å². The molecule has 0 spiro atoms. The minimum Gasteiger partial charge on any atom is -0.309 e.